The molecule has 1 heterocycles. The van der Waals surface area contributed by atoms with E-state index >= 15 is 0 Å². The topological polar surface area (TPSA) is 12.9 Å². The van der Waals surface area contributed by atoms with Crippen LogP contribution in [0.15, 0.2) is 36.5 Å². The van der Waals surface area contributed by atoms with E-state index in [0.29, 0.717) is 16.1 Å². The largest absolute Gasteiger partial charge is 0.242 e. The summed E-state index contributed by atoms with van der Waals surface area (Å²) in [6.45, 7) is 4.69. The minimum Gasteiger partial charge on any atom is -0.242 e. The van der Waals surface area contributed by atoms with Gasteiger partial charge < -0.3 is 0 Å². The number of aromatic nitrogens is 1. The maximum atomic E-state index is 6.09. The first-order valence-corrected chi connectivity index (χ1v) is 10.3. The van der Waals surface area contributed by atoms with Crippen LogP contribution in [-0.4, -0.2) is 4.98 Å². The molecule has 1 aliphatic carbocycles. The lowest BCUT2D eigenvalue weighted by Gasteiger charge is -2.32. The molecule has 1 aliphatic rings. The van der Waals surface area contributed by atoms with Gasteiger partial charge in [0.05, 0.1) is 5.02 Å². The summed E-state index contributed by atoms with van der Waals surface area (Å²) in [5.41, 5.74) is 3.58. The number of nitrogens with zero attached hydrogens (tertiary/aromatic N) is 1. The Labute approximate surface area is 161 Å². The monoisotopic (exact) mass is 375 g/mol. The van der Waals surface area contributed by atoms with E-state index in [0.717, 1.165) is 23.0 Å². The van der Waals surface area contributed by atoms with E-state index in [1.54, 1.807) is 6.20 Å². The first-order valence-electron chi connectivity index (χ1n) is 9.49. The molecule has 0 saturated heterocycles. The molecular formula is C22H27Cl2N. The predicted octanol–water partition coefficient (Wildman–Crippen LogP) is 7.77. The van der Waals surface area contributed by atoms with Gasteiger partial charge in [-0.3, -0.25) is 0 Å². The average Bonchev–Trinajstić information content (AvgIpc) is 2.64. The second kappa shape index (κ2) is 8.56. The Hall–Kier alpha value is -1.05. The van der Waals surface area contributed by atoms with Crippen molar-refractivity contribution in [2.24, 2.45) is 11.8 Å². The summed E-state index contributed by atoms with van der Waals surface area (Å²) in [7, 11) is 0. The lowest BCUT2D eigenvalue weighted by molar-refractivity contribution is 0.239. The average molecular weight is 376 g/mol. The van der Waals surface area contributed by atoms with E-state index in [9.17, 15) is 0 Å². The smallest absolute Gasteiger partial charge is 0.147 e. The van der Waals surface area contributed by atoms with Crippen LogP contribution in [0.1, 0.15) is 63.9 Å². The molecule has 1 aromatic carbocycles. The highest BCUT2D eigenvalue weighted by Crippen LogP contribution is 2.39. The van der Waals surface area contributed by atoms with Crippen LogP contribution in [0, 0.1) is 11.8 Å². The van der Waals surface area contributed by atoms with Crippen LogP contribution in [0.5, 0.6) is 0 Å². The van der Waals surface area contributed by atoms with Gasteiger partial charge in [-0.25, -0.2) is 4.98 Å². The quantitative estimate of drug-likeness (QED) is 0.486. The normalized spacial score (nSPS) is 21.9. The lowest BCUT2D eigenvalue weighted by Crippen LogP contribution is -2.19. The Kier molecular flexibility index (Phi) is 6.41. The van der Waals surface area contributed by atoms with Crippen LogP contribution >= 0.6 is 23.2 Å². The van der Waals surface area contributed by atoms with Gasteiger partial charge in [-0.15, -0.1) is 0 Å². The Morgan fingerprint density at radius 3 is 2.32 bits per heavy atom. The van der Waals surface area contributed by atoms with Crippen molar-refractivity contribution in [2.45, 2.75) is 58.3 Å². The molecule has 2 aromatic rings. The Morgan fingerprint density at radius 2 is 1.72 bits per heavy atom. The van der Waals surface area contributed by atoms with E-state index in [-0.39, 0.29) is 0 Å². The van der Waals surface area contributed by atoms with Crippen molar-refractivity contribution >= 4 is 23.2 Å². The molecule has 0 N–H and O–H groups in total. The van der Waals surface area contributed by atoms with Gasteiger partial charge in [0.25, 0.3) is 0 Å². The van der Waals surface area contributed by atoms with Gasteiger partial charge >= 0.3 is 0 Å². The van der Waals surface area contributed by atoms with Gasteiger partial charge in [-0.2, -0.15) is 0 Å². The summed E-state index contributed by atoms with van der Waals surface area (Å²) in [5, 5.41) is 0.856. The first-order chi connectivity index (χ1) is 12.1. The molecule has 0 amide bonds. The molecular weight excluding hydrogens is 349 g/mol. The highest BCUT2D eigenvalue weighted by atomic mass is 35.5. The predicted molar refractivity (Wildman–Crippen MR) is 108 cm³/mol. The van der Waals surface area contributed by atoms with E-state index < -0.39 is 0 Å². The van der Waals surface area contributed by atoms with Crippen molar-refractivity contribution in [3.8, 4) is 11.1 Å². The number of hydrogen-bond acceptors (Lipinski definition) is 1. The Morgan fingerprint density at radius 1 is 1.04 bits per heavy atom. The number of rotatable bonds is 5. The molecule has 134 valence electrons. The van der Waals surface area contributed by atoms with E-state index in [1.165, 1.54) is 44.1 Å². The van der Waals surface area contributed by atoms with Crippen molar-refractivity contribution in [1.29, 1.82) is 0 Å². The summed E-state index contributed by atoms with van der Waals surface area (Å²) in [5.74, 6) is 2.42. The molecule has 25 heavy (non-hydrogen) atoms. The second-order valence-electron chi connectivity index (χ2n) is 7.48. The Bertz CT molecular complexity index is 688. The fraction of sp³-hybridized carbons (Fsp3) is 0.500. The van der Waals surface area contributed by atoms with E-state index in [2.05, 4.69) is 43.1 Å². The van der Waals surface area contributed by atoms with Gasteiger partial charge in [0.1, 0.15) is 5.15 Å². The molecule has 0 radical (unpaired) electrons. The minimum atomic E-state index is 0.356. The van der Waals surface area contributed by atoms with Crippen LogP contribution in [-0.2, 0) is 0 Å². The molecule has 1 nitrogen and oxygen atoms in total. The third-order valence-corrected chi connectivity index (χ3v) is 6.55. The number of halogens is 2. The van der Waals surface area contributed by atoms with Gasteiger partial charge in [-0.1, -0.05) is 87.0 Å². The van der Waals surface area contributed by atoms with Crippen LogP contribution in [0.25, 0.3) is 11.1 Å². The summed E-state index contributed by atoms with van der Waals surface area (Å²) in [6, 6.07) is 10.8. The summed E-state index contributed by atoms with van der Waals surface area (Å²) < 4.78 is 0. The molecule has 1 saturated carbocycles. The zero-order valence-electron chi connectivity index (χ0n) is 15.1. The summed E-state index contributed by atoms with van der Waals surface area (Å²) >= 11 is 12.0. The third-order valence-electron chi connectivity index (χ3n) is 5.86. The zero-order chi connectivity index (χ0) is 17.8. The molecule has 1 unspecified atom stereocenters. The van der Waals surface area contributed by atoms with Gasteiger partial charge in [0.15, 0.2) is 0 Å². The molecule has 3 rings (SSSR count). The van der Waals surface area contributed by atoms with Gasteiger partial charge in [0.2, 0.25) is 0 Å². The van der Waals surface area contributed by atoms with Gasteiger partial charge in [0, 0.05) is 11.8 Å². The number of hydrogen-bond donors (Lipinski definition) is 0. The van der Waals surface area contributed by atoms with Crippen LogP contribution in [0.3, 0.4) is 0 Å². The Balaban J connectivity index is 1.66. The van der Waals surface area contributed by atoms with Crippen molar-refractivity contribution in [3.63, 3.8) is 0 Å². The van der Waals surface area contributed by atoms with Crippen LogP contribution < -0.4 is 0 Å². The SMILES string of the molecule is CCCC1CCC(C(C)c2ccc(-c3cnc(Cl)c(Cl)c3)cc2)CC1. The molecule has 1 aromatic heterocycles. The second-order valence-corrected chi connectivity index (χ2v) is 8.24. The van der Waals surface area contributed by atoms with Gasteiger partial charge in [-0.05, 0) is 47.8 Å². The third kappa shape index (κ3) is 4.57. The highest BCUT2D eigenvalue weighted by molar-refractivity contribution is 6.41. The molecule has 0 aliphatic heterocycles. The minimum absolute atomic E-state index is 0.356. The van der Waals surface area contributed by atoms with Crippen molar-refractivity contribution in [2.75, 3.05) is 0 Å². The standard InChI is InChI=1S/C22H27Cl2N/c1-3-4-16-5-7-17(8-6-16)15(2)18-9-11-19(12-10-18)20-13-21(23)22(24)25-14-20/h9-17H,3-8H2,1-2H3. The summed E-state index contributed by atoms with van der Waals surface area (Å²) in [4.78, 5) is 4.14. The molecule has 3 heteroatoms. The molecule has 0 spiro atoms. The fourth-order valence-electron chi connectivity index (χ4n) is 4.22. The number of benzene rings is 1. The maximum absolute atomic E-state index is 6.09. The zero-order valence-corrected chi connectivity index (χ0v) is 16.7. The van der Waals surface area contributed by atoms with E-state index in [1.807, 2.05) is 6.07 Å². The molecule has 1 fully saturated rings. The highest BCUT2D eigenvalue weighted by Gasteiger charge is 2.25. The van der Waals surface area contributed by atoms with Crippen LogP contribution in [0.4, 0.5) is 0 Å². The molecule has 0 bridgehead atoms. The fourth-order valence-corrected chi connectivity index (χ4v) is 4.49. The maximum Gasteiger partial charge on any atom is 0.147 e. The first kappa shape index (κ1) is 18.7. The van der Waals surface area contributed by atoms with Crippen molar-refractivity contribution < 1.29 is 0 Å². The number of pyridine rings is 1. The molecule has 1 atom stereocenters. The van der Waals surface area contributed by atoms with E-state index in [4.69, 9.17) is 23.2 Å². The van der Waals surface area contributed by atoms with Crippen molar-refractivity contribution in [1.82, 2.24) is 4.98 Å². The van der Waals surface area contributed by atoms with Crippen molar-refractivity contribution in [3.05, 3.63) is 52.3 Å². The summed E-state index contributed by atoms with van der Waals surface area (Å²) in [6.07, 6.45) is 10.1. The van der Waals surface area contributed by atoms with Crippen LogP contribution in [0.2, 0.25) is 10.2 Å². The lowest BCUT2D eigenvalue weighted by atomic mass is 9.73.